The first-order chi connectivity index (χ1) is 9.09. The van der Waals surface area contributed by atoms with Crippen molar-refractivity contribution in [2.75, 3.05) is 25.0 Å². The van der Waals surface area contributed by atoms with Gasteiger partial charge in [0.15, 0.2) is 0 Å². The predicted molar refractivity (Wildman–Crippen MR) is 74.5 cm³/mol. The molecule has 1 aliphatic heterocycles. The zero-order chi connectivity index (χ0) is 13.8. The largest absolute Gasteiger partial charge is 0.351 e. The van der Waals surface area contributed by atoms with E-state index in [1.807, 2.05) is 18.9 Å². The second kappa shape index (κ2) is 5.97. The number of nitro groups is 1. The van der Waals surface area contributed by atoms with Crippen LogP contribution in [-0.4, -0.2) is 36.1 Å². The molecule has 0 amide bonds. The third kappa shape index (κ3) is 3.20. The summed E-state index contributed by atoms with van der Waals surface area (Å²) in [6, 6.07) is 3.54. The Hall–Kier alpha value is -1.69. The number of hydrogen-bond acceptors (Lipinski definition) is 5. The summed E-state index contributed by atoms with van der Waals surface area (Å²) in [7, 11) is 1.91. The van der Waals surface area contributed by atoms with Gasteiger partial charge >= 0.3 is 5.69 Å². The van der Waals surface area contributed by atoms with Gasteiger partial charge in [-0.05, 0) is 45.3 Å². The SMILES string of the molecule is Cc1ccc([N+](=O)[O-])c(N(C)C2CCCNCC2)n1. The van der Waals surface area contributed by atoms with Gasteiger partial charge < -0.3 is 10.2 Å². The van der Waals surface area contributed by atoms with E-state index in [1.165, 1.54) is 0 Å². The zero-order valence-corrected chi connectivity index (χ0v) is 11.4. The molecule has 6 heteroatoms. The van der Waals surface area contributed by atoms with Crippen molar-refractivity contribution in [3.05, 3.63) is 27.9 Å². The Labute approximate surface area is 113 Å². The molecule has 0 spiro atoms. The molecule has 1 aliphatic rings. The maximum absolute atomic E-state index is 11.1. The summed E-state index contributed by atoms with van der Waals surface area (Å²) in [4.78, 5) is 17.1. The summed E-state index contributed by atoms with van der Waals surface area (Å²) < 4.78 is 0. The van der Waals surface area contributed by atoms with Crippen LogP contribution in [0.25, 0.3) is 0 Å². The Morgan fingerprint density at radius 2 is 2.21 bits per heavy atom. The van der Waals surface area contributed by atoms with Crippen LogP contribution in [0, 0.1) is 17.0 Å². The van der Waals surface area contributed by atoms with E-state index in [9.17, 15) is 10.1 Å². The molecule has 1 atom stereocenters. The average Bonchev–Trinajstić information content (AvgIpc) is 2.66. The van der Waals surface area contributed by atoms with Crippen molar-refractivity contribution in [1.29, 1.82) is 0 Å². The van der Waals surface area contributed by atoms with Crippen LogP contribution in [-0.2, 0) is 0 Å². The molecule has 6 nitrogen and oxygen atoms in total. The molecular weight excluding hydrogens is 244 g/mol. The van der Waals surface area contributed by atoms with Gasteiger partial charge in [0, 0.05) is 24.8 Å². The van der Waals surface area contributed by atoms with Crippen molar-refractivity contribution in [2.45, 2.75) is 32.2 Å². The van der Waals surface area contributed by atoms with Crippen LogP contribution in [0.3, 0.4) is 0 Å². The molecule has 1 unspecified atom stereocenters. The first-order valence-electron chi connectivity index (χ1n) is 6.65. The van der Waals surface area contributed by atoms with Crippen molar-refractivity contribution in [2.24, 2.45) is 0 Å². The number of hydrogen-bond donors (Lipinski definition) is 1. The van der Waals surface area contributed by atoms with Gasteiger partial charge in [-0.1, -0.05) is 0 Å². The Balaban J connectivity index is 2.28. The summed E-state index contributed by atoms with van der Waals surface area (Å²) in [5.74, 6) is 0.483. The highest BCUT2D eigenvalue weighted by atomic mass is 16.6. The Kier molecular flexibility index (Phi) is 4.31. The van der Waals surface area contributed by atoms with E-state index in [2.05, 4.69) is 10.3 Å². The third-order valence-electron chi connectivity index (χ3n) is 3.62. The fourth-order valence-electron chi connectivity index (χ4n) is 2.50. The van der Waals surface area contributed by atoms with E-state index >= 15 is 0 Å². The lowest BCUT2D eigenvalue weighted by molar-refractivity contribution is -0.384. The first kappa shape index (κ1) is 13.7. The van der Waals surface area contributed by atoms with Gasteiger partial charge in [0.05, 0.1) is 4.92 Å². The number of nitrogens with zero attached hydrogens (tertiary/aromatic N) is 3. The van der Waals surface area contributed by atoms with Gasteiger partial charge in [-0.3, -0.25) is 10.1 Å². The lowest BCUT2D eigenvalue weighted by atomic mass is 10.1. The molecule has 1 saturated heterocycles. The topological polar surface area (TPSA) is 71.3 Å². The Morgan fingerprint density at radius 3 is 2.95 bits per heavy atom. The highest BCUT2D eigenvalue weighted by Crippen LogP contribution is 2.28. The second-order valence-electron chi connectivity index (χ2n) is 5.00. The summed E-state index contributed by atoms with van der Waals surface area (Å²) in [6.07, 6.45) is 3.12. The summed E-state index contributed by atoms with van der Waals surface area (Å²) in [5, 5.41) is 14.5. The van der Waals surface area contributed by atoms with E-state index < -0.39 is 0 Å². The lowest BCUT2D eigenvalue weighted by Crippen LogP contribution is -2.33. The molecule has 2 rings (SSSR count). The van der Waals surface area contributed by atoms with Gasteiger partial charge in [0.25, 0.3) is 0 Å². The molecular formula is C13H20N4O2. The molecule has 1 fully saturated rings. The Bertz CT molecular complexity index is 456. The fourth-order valence-corrected chi connectivity index (χ4v) is 2.50. The number of aromatic nitrogens is 1. The summed E-state index contributed by atoms with van der Waals surface area (Å²) in [6.45, 7) is 3.83. The fraction of sp³-hybridized carbons (Fsp3) is 0.615. The minimum Gasteiger partial charge on any atom is -0.351 e. The molecule has 1 aromatic heterocycles. The van der Waals surface area contributed by atoms with Crippen molar-refractivity contribution in [1.82, 2.24) is 10.3 Å². The van der Waals surface area contributed by atoms with Crippen LogP contribution in [0.15, 0.2) is 12.1 Å². The smallest absolute Gasteiger partial charge is 0.311 e. The minimum atomic E-state index is -0.354. The molecule has 2 heterocycles. The number of rotatable bonds is 3. The molecule has 0 aromatic carbocycles. The van der Waals surface area contributed by atoms with Crippen molar-refractivity contribution < 1.29 is 4.92 Å². The quantitative estimate of drug-likeness (QED) is 0.666. The van der Waals surface area contributed by atoms with Crippen LogP contribution in [0.1, 0.15) is 25.0 Å². The number of pyridine rings is 1. The molecule has 1 N–H and O–H groups in total. The third-order valence-corrected chi connectivity index (χ3v) is 3.62. The normalized spacial score (nSPS) is 19.8. The number of nitrogens with one attached hydrogen (secondary N) is 1. The maximum Gasteiger partial charge on any atom is 0.311 e. The molecule has 0 aliphatic carbocycles. The predicted octanol–water partition coefficient (Wildman–Crippen LogP) is 1.88. The highest BCUT2D eigenvalue weighted by Gasteiger charge is 2.25. The van der Waals surface area contributed by atoms with Gasteiger partial charge in [0.1, 0.15) is 0 Å². The zero-order valence-electron chi connectivity index (χ0n) is 11.4. The maximum atomic E-state index is 11.1. The van der Waals surface area contributed by atoms with E-state index in [1.54, 1.807) is 12.1 Å². The Morgan fingerprint density at radius 1 is 1.42 bits per heavy atom. The van der Waals surface area contributed by atoms with Crippen LogP contribution in [0.4, 0.5) is 11.5 Å². The van der Waals surface area contributed by atoms with Crippen molar-refractivity contribution in [3.8, 4) is 0 Å². The number of anilines is 1. The monoisotopic (exact) mass is 264 g/mol. The molecule has 19 heavy (non-hydrogen) atoms. The molecule has 0 radical (unpaired) electrons. The van der Waals surface area contributed by atoms with E-state index in [0.29, 0.717) is 11.9 Å². The highest BCUT2D eigenvalue weighted by molar-refractivity contribution is 5.58. The average molecular weight is 264 g/mol. The number of aryl methyl sites for hydroxylation is 1. The van der Waals surface area contributed by atoms with E-state index in [0.717, 1.165) is 38.0 Å². The summed E-state index contributed by atoms with van der Waals surface area (Å²) >= 11 is 0. The van der Waals surface area contributed by atoms with Crippen LogP contribution < -0.4 is 10.2 Å². The van der Waals surface area contributed by atoms with Crippen molar-refractivity contribution in [3.63, 3.8) is 0 Å². The molecule has 1 aromatic rings. The van der Waals surface area contributed by atoms with Gasteiger partial charge in [0.2, 0.25) is 5.82 Å². The molecule has 104 valence electrons. The van der Waals surface area contributed by atoms with Crippen LogP contribution in [0.5, 0.6) is 0 Å². The van der Waals surface area contributed by atoms with E-state index in [4.69, 9.17) is 0 Å². The second-order valence-corrected chi connectivity index (χ2v) is 5.00. The van der Waals surface area contributed by atoms with Gasteiger partial charge in [-0.15, -0.1) is 0 Å². The van der Waals surface area contributed by atoms with Crippen molar-refractivity contribution >= 4 is 11.5 Å². The molecule has 0 bridgehead atoms. The van der Waals surface area contributed by atoms with Crippen LogP contribution >= 0.6 is 0 Å². The minimum absolute atomic E-state index is 0.0882. The first-order valence-corrected chi connectivity index (χ1v) is 6.65. The standard InChI is InChI=1S/C13H20N4O2/c1-10-5-6-12(17(18)19)13(15-10)16(2)11-4-3-8-14-9-7-11/h5-6,11,14H,3-4,7-9H2,1-2H3. The van der Waals surface area contributed by atoms with Gasteiger partial charge in [-0.25, -0.2) is 4.98 Å². The molecule has 0 saturated carbocycles. The lowest BCUT2D eigenvalue weighted by Gasteiger charge is -2.27. The van der Waals surface area contributed by atoms with E-state index in [-0.39, 0.29) is 10.6 Å². The van der Waals surface area contributed by atoms with Crippen LogP contribution in [0.2, 0.25) is 0 Å². The van der Waals surface area contributed by atoms with Gasteiger partial charge in [-0.2, -0.15) is 0 Å². The summed E-state index contributed by atoms with van der Waals surface area (Å²) in [5.41, 5.74) is 0.893.